The zero-order valence-corrected chi connectivity index (χ0v) is 11.5. The summed E-state index contributed by atoms with van der Waals surface area (Å²) in [6.45, 7) is -2.83. The maximum atomic E-state index is 12.2. The molecule has 0 aromatic heterocycles. The molecule has 5 heteroatoms. The molecule has 0 amide bonds. The number of nitrogens with two attached hydrogens (primary N) is 1. The summed E-state index contributed by atoms with van der Waals surface area (Å²) in [6, 6.07) is 16.5. The minimum Gasteiger partial charge on any atom is -0.435 e. The van der Waals surface area contributed by atoms with Crippen LogP contribution in [0.25, 0.3) is 0 Å². The highest BCUT2D eigenvalue weighted by Gasteiger charge is 2.12. The third-order valence-electron chi connectivity index (χ3n) is 3.25. The summed E-state index contributed by atoms with van der Waals surface area (Å²) < 4.78 is 28.9. The van der Waals surface area contributed by atoms with Crippen molar-refractivity contribution in [1.82, 2.24) is 5.43 Å². The van der Waals surface area contributed by atoms with Crippen LogP contribution < -0.4 is 16.0 Å². The normalized spacial score (nSPS) is 12.4. The molecule has 0 fully saturated rings. The van der Waals surface area contributed by atoms with Crippen molar-refractivity contribution in [3.05, 3.63) is 65.7 Å². The van der Waals surface area contributed by atoms with Gasteiger partial charge in [-0.25, -0.2) is 0 Å². The zero-order valence-electron chi connectivity index (χ0n) is 11.5. The van der Waals surface area contributed by atoms with E-state index in [1.54, 1.807) is 12.1 Å². The Morgan fingerprint density at radius 1 is 1.05 bits per heavy atom. The summed E-state index contributed by atoms with van der Waals surface area (Å²) in [4.78, 5) is 0. The fraction of sp³-hybridized carbons (Fsp3) is 0.250. The summed E-state index contributed by atoms with van der Waals surface area (Å²) in [6.07, 6.45) is 1.61. The van der Waals surface area contributed by atoms with Gasteiger partial charge < -0.3 is 4.74 Å². The second-order valence-electron chi connectivity index (χ2n) is 4.69. The Hall–Kier alpha value is -1.98. The monoisotopic (exact) mass is 292 g/mol. The van der Waals surface area contributed by atoms with Crippen molar-refractivity contribution >= 4 is 0 Å². The molecule has 0 aliphatic heterocycles. The maximum Gasteiger partial charge on any atom is 0.387 e. The predicted molar refractivity (Wildman–Crippen MR) is 77.9 cm³/mol. The second kappa shape index (κ2) is 7.71. The summed E-state index contributed by atoms with van der Waals surface area (Å²) in [5, 5.41) is 0. The molecule has 0 spiro atoms. The fourth-order valence-electron chi connectivity index (χ4n) is 2.21. The molecule has 0 radical (unpaired) electrons. The summed E-state index contributed by atoms with van der Waals surface area (Å²) in [5.41, 5.74) is 4.76. The van der Waals surface area contributed by atoms with Gasteiger partial charge in [0.05, 0.1) is 0 Å². The second-order valence-corrected chi connectivity index (χ2v) is 4.69. The largest absolute Gasteiger partial charge is 0.435 e. The number of alkyl halides is 2. The van der Waals surface area contributed by atoms with Gasteiger partial charge in [0.2, 0.25) is 0 Å². The van der Waals surface area contributed by atoms with E-state index in [4.69, 9.17) is 5.84 Å². The highest BCUT2D eigenvalue weighted by atomic mass is 19.3. The van der Waals surface area contributed by atoms with Gasteiger partial charge in [0.25, 0.3) is 0 Å². The molecule has 2 aromatic rings. The van der Waals surface area contributed by atoms with Crippen LogP contribution in [0.2, 0.25) is 0 Å². The van der Waals surface area contributed by atoms with E-state index >= 15 is 0 Å². The lowest BCUT2D eigenvalue weighted by atomic mass is 9.99. The topological polar surface area (TPSA) is 47.3 Å². The molecule has 21 heavy (non-hydrogen) atoms. The van der Waals surface area contributed by atoms with Crippen molar-refractivity contribution in [3.63, 3.8) is 0 Å². The summed E-state index contributed by atoms with van der Waals surface area (Å²) in [5.74, 6) is 5.72. The van der Waals surface area contributed by atoms with Gasteiger partial charge in [-0.2, -0.15) is 8.78 Å². The minimum atomic E-state index is -2.83. The van der Waals surface area contributed by atoms with Crippen LogP contribution in [0.4, 0.5) is 8.78 Å². The molecule has 2 aromatic carbocycles. The molecule has 1 atom stereocenters. The number of hydrogen-bond acceptors (Lipinski definition) is 3. The number of hydrazine groups is 1. The van der Waals surface area contributed by atoms with Crippen LogP contribution in [0.5, 0.6) is 5.75 Å². The molecule has 1 unspecified atom stereocenters. The third kappa shape index (κ3) is 4.81. The van der Waals surface area contributed by atoms with E-state index in [-0.39, 0.29) is 11.8 Å². The first-order valence-electron chi connectivity index (χ1n) is 6.74. The molecule has 0 bridgehead atoms. The molecule has 0 saturated heterocycles. The smallest absolute Gasteiger partial charge is 0.387 e. The molecule has 0 saturated carbocycles. The van der Waals surface area contributed by atoms with Gasteiger partial charge in [-0.1, -0.05) is 42.5 Å². The van der Waals surface area contributed by atoms with E-state index in [2.05, 4.69) is 10.2 Å². The van der Waals surface area contributed by atoms with E-state index in [0.717, 1.165) is 18.4 Å². The number of aryl methyl sites for hydroxylation is 1. The van der Waals surface area contributed by atoms with Crippen LogP contribution >= 0.6 is 0 Å². The number of nitrogens with one attached hydrogen (secondary N) is 1. The first kappa shape index (κ1) is 15.4. The highest BCUT2D eigenvalue weighted by molar-refractivity contribution is 5.30. The molecular weight excluding hydrogens is 274 g/mol. The van der Waals surface area contributed by atoms with Crippen LogP contribution in [-0.4, -0.2) is 6.61 Å². The SMILES string of the molecule is NNC(CCc1ccccc1)c1cccc(OC(F)F)c1. The quantitative estimate of drug-likeness (QED) is 0.607. The minimum absolute atomic E-state index is 0.119. The van der Waals surface area contributed by atoms with Gasteiger partial charge in [0.1, 0.15) is 5.75 Å². The van der Waals surface area contributed by atoms with Gasteiger partial charge >= 0.3 is 6.61 Å². The van der Waals surface area contributed by atoms with Crippen LogP contribution in [0.15, 0.2) is 54.6 Å². The van der Waals surface area contributed by atoms with E-state index in [0.29, 0.717) is 0 Å². The lowest BCUT2D eigenvalue weighted by Gasteiger charge is -2.17. The average Bonchev–Trinajstić information content (AvgIpc) is 2.49. The van der Waals surface area contributed by atoms with E-state index in [9.17, 15) is 8.78 Å². The molecule has 0 heterocycles. The van der Waals surface area contributed by atoms with Gasteiger partial charge in [-0.3, -0.25) is 11.3 Å². The number of rotatable bonds is 7. The molecule has 2 rings (SSSR count). The Labute approximate surface area is 122 Å². The van der Waals surface area contributed by atoms with Crippen molar-refractivity contribution in [2.75, 3.05) is 0 Å². The van der Waals surface area contributed by atoms with E-state index < -0.39 is 6.61 Å². The first-order chi connectivity index (χ1) is 10.2. The highest BCUT2D eigenvalue weighted by Crippen LogP contribution is 2.23. The van der Waals surface area contributed by atoms with Crippen molar-refractivity contribution in [2.24, 2.45) is 5.84 Å². The first-order valence-corrected chi connectivity index (χ1v) is 6.74. The van der Waals surface area contributed by atoms with Gasteiger partial charge in [-0.05, 0) is 36.1 Å². The molecule has 112 valence electrons. The number of ether oxygens (including phenoxy) is 1. The fourth-order valence-corrected chi connectivity index (χ4v) is 2.21. The van der Waals surface area contributed by atoms with Crippen LogP contribution in [0, 0.1) is 0 Å². The molecule has 3 nitrogen and oxygen atoms in total. The Bertz CT molecular complexity index is 549. The van der Waals surface area contributed by atoms with Gasteiger partial charge in [0.15, 0.2) is 0 Å². The Morgan fingerprint density at radius 2 is 1.81 bits per heavy atom. The number of halogens is 2. The zero-order chi connectivity index (χ0) is 15.1. The van der Waals surface area contributed by atoms with Gasteiger partial charge in [0, 0.05) is 6.04 Å². The third-order valence-corrected chi connectivity index (χ3v) is 3.25. The lowest BCUT2D eigenvalue weighted by molar-refractivity contribution is -0.0499. The van der Waals surface area contributed by atoms with Crippen LogP contribution in [0.3, 0.4) is 0 Å². The van der Waals surface area contributed by atoms with Crippen LogP contribution in [0.1, 0.15) is 23.6 Å². The molecule has 0 aliphatic carbocycles. The Balaban J connectivity index is 2.03. The Kier molecular flexibility index (Phi) is 5.66. The van der Waals surface area contributed by atoms with Crippen molar-refractivity contribution in [1.29, 1.82) is 0 Å². The number of benzene rings is 2. The lowest BCUT2D eigenvalue weighted by Crippen LogP contribution is -2.28. The number of hydrogen-bond donors (Lipinski definition) is 2. The van der Waals surface area contributed by atoms with Gasteiger partial charge in [-0.15, -0.1) is 0 Å². The van der Waals surface area contributed by atoms with Crippen molar-refractivity contribution in [2.45, 2.75) is 25.5 Å². The summed E-state index contributed by atoms with van der Waals surface area (Å²) >= 11 is 0. The van der Waals surface area contributed by atoms with E-state index in [1.807, 2.05) is 36.4 Å². The average molecular weight is 292 g/mol. The predicted octanol–water partition coefficient (Wildman–Crippen LogP) is 3.43. The van der Waals surface area contributed by atoms with E-state index in [1.165, 1.54) is 11.6 Å². The van der Waals surface area contributed by atoms with Crippen molar-refractivity contribution < 1.29 is 13.5 Å². The maximum absolute atomic E-state index is 12.2. The molecule has 0 aliphatic rings. The molecule has 3 N–H and O–H groups in total. The Morgan fingerprint density at radius 3 is 2.48 bits per heavy atom. The standard InChI is InChI=1S/C16H18F2N2O/c17-16(18)21-14-8-4-7-13(11-14)15(20-19)10-9-12-5-2-1-3-6-12/h1-8,11,15-16,20H,9-10,19H2. The molecular formula is C16H18F2N2O. The van der Waals surface area contributed by atoms with Crippen LogP contribution in [-0.2, 0) is 6.42 Å². The van der Waals surface area contributed by atoms with Crippen molar-refractivity contribution in [3.8, 4) is 5.75 Å². The summed E-state index contributed by atoms with van der Waals surface area (Å²) in [7, 11) is 0.